The fourth-order valence-electron chi connectivity index (χ4n) is 3.95. The number of sulfone groups is 1. The maximum absolute atomic E-state index is 12.7. The number of likely N-dealkylation sites (tertiary alicyclic amines) is 1. The monoisotopic (exact) mass is 438 g/mol. The van der Waals surface area contributed by atoms with Gasteiger partial charge >= 0.3 is 0 Å². The number of rotatable bonds is 2. The molecular weight excluding hydrogens is 415 g/mol. The Morgan fingerprint density at radius 1 is 1.19 bits per heavy atom. The summed E-state index contributed by atoms with van der Waals surface area (Å²) in [6, 6.07) is 3.20. The molecule has 0 spiro atoms. The first-order valence-corrected chi connectivity index (χ1v) is 10.2. The van der Waals surface area contributed by atoms with Crippen LogP contribution in [-0.2, 0) is 14.6 Å². The zero-order chi connectivity index (χ0) is 17.6. The normalized spacial score (nSPS) is 28.9. The smallest absolute Gasteiger partial charge is 0.255 e. The summed E-state index contributed by atoms with van der Waals surface area (Å²) in [5.74, 6) is 0.510. The van der Waals surface area contributed by atoms with Gasteiger partial charge in [-0.25, -0.2) is 13.4 Å². The minimum atomic E-state index is -3.20. The second-order valence-corrected chi connectivity index (χ2v) is 9.17. The van der Waals surface area contributed by atoms with Gasteiger partial charge in [-0.2, -0.15) is 0 Å². The first-order valence-electron chi connectivity index (χ1n) is 8.51. The summed E-state index contributed by atoms with van der Waals surface area (Å²) in [6.07, 6.45) is 1.57. The number of carbonyl (C=O) groups is 1. The van der Waals surface area contributed by atoms with Crippen molar-refractivity contribution in [3.63, 3.8) is 0 Å². The molecule has 0 radical (unpaired) electrons. The van der Waals surface area contributed by atoms with Gasteiger partial charge in [0.05, 0.1) is 29.8 Å². The number of pyridine rings is 1. The summed E-state index contributed by atoms with van der Waals surface area (Å²) >= 11 is 0. The van der Waals surface area contributed by atoms with E-state index in [0.29, 0.717) is 25.3 Å². The summed E-state index contributed by atoms with van der Waals surface area (Å²) in [4.78, 5) is 20.8. The molecule has 8 nitrogen and oxygen atoms in total. The van der Waals surface area contributed by atoms with Crippen LogP contribution in [0.25, 0.3) is 0 Å². The van der Waals surface area contributed by atoms with Crippen molar-refractivity contribution in [2.24, 2.45) is 11.7 Å². The molecule has 3 fully saturated rings. The number of aromatic nitrogens is 1. The minimum Gasteiger partial charge on any atom is -0.378 e. The van der Waals surface area contributed by atoms with Gasteiger partial charge in [-0.05, 0) is 12.1 Å². The highest BCUT2D eigenvalue weighted by Crippen LogP contribution is 2.33. The maximum atomic E-state index is 12.7. The van der Waals surface area contributed by atoms with Crippen LogP contribution in [0.15, 0.2) is 18.3 Å². The molecule has 27 heavy (non-hydrogen) atoms. The molecule has 152 valence electrons. The molecule has 3 atom stereocenters. The molecule has 11 heteroatoms. The Bertz CT molecular complexity index is 771. The van der Waals surface area contributed by atoms with Crippen LogP contribution in [0, 0.1) is 5.92 Å². The first-order chi connectivity index (χ1) is 12.0. The first kappa shape index (κ1) is 22.2. The van der Waals surface area contributed by atoms with Crippen molar-refractivity contribution in [2.45, 2.75) is 11.3 Å². The Labute approximate surface area is 171 Å². The predicted molar refractivity (Wildman–Crippen MR) is 107 cm³/mol. The lowest BCUT2D eigenvalue weighted by atomic mass is 10.0. The molecule has 3 aliphatic rings. The number of amides is 1. The molecule has 3 saturated heterocycles. The molecule has 0 unspecified atom stereocenters. The van der Waals surface area contributed by atoms with E-state index >= 15 is 0 Å². The molecule has 0 aromatic carbocycles. The van der Waals surface area contributed by atoms with Gasteiger partial charge in [0.15, 0.2) is 9.84 Å². The van der Waals surface area contributed by atoms with Gasteiger partial charge in [0, 0.05) is 44.3 Å². The van der Waals surface area contributed by atoms with Crippen LogP contribution in [0.4, 0.5) is 5.82 Å². The molecule has 1 amide bonds. The van der Waals surface area contributed by atoms with Crippen molar-refractivity contribution >= 4 is 46.4 Å². The van der Waals surface area contributed by atoms with Crippen LogP contribution in [-0.4, -0.2) is 80.6 Å². The quantitative estimate of drug-likeness (QED) is 0.689. The molecule has 1 aromatic rings. The zero-order valence-electron chi connectivity index (χ0n) is 14.7. The summed E-state index contributed by atoms with van der Waals surface area (Å²) in [5.41, 5.74) is 6.43. The average Bonchev–Trinajstić information content (AvgIpc) is 3.16. The Balaban J connectivity index is 0.00000131. The third-order valence-electron chi connectivity index (χ3n) is 5.36. The number of morpholine rings is 1. The van der Waals surface area contributed by atoms with Crippen LogP contribution < -0.4 is 10.6 Å². The summed E-state index contributed by atoms with van der Waals surface area (Å²) < 4.78 is 29.6. The second kappa shape index (κ2) is 8.48. The second-order valence-electron chi connectivity index (χ2n) is 6.91. The molecule has 0 aliphatic carbocycles. The van der Waals surface area contributed by atoms with Gasteiger partial charge in [0.2, 0.25) is 0 Å². The number of hydrogen-bond acceptors (Lipinski definition) is 7. The molecule has 4 heterocycles. The summed E-state index contributed by atoms with van der Waals surface area (Å²) in [5, 5.41) is -0.521. The SMILES string of the molecule is Cl.Cl.N[C@@H]1CS(=O)(=O)[C@H]2CN(C(=O)c3ccc(N4CCOCC4)nc3)C[C@@H]12. The van der Waals surface area contributed by atoms with Crippen LogP contribution >= 0.6 is 24.8 Å². The highest BCUT2D eigenvalue weighted by molar-refractivity contribution is 7.92. The number of ether oxygens (including phenoxy) is 1. The Morgan fingerprint density at radius 2 is 1.89 bits per heavy atom. The molecule has 3 aliphatic heterocycles. The van der Waals surface area contributed by atoms with E-state index in [-0.39, 0.29) is 55.0 Å². The van der Waals surface area contributed by atoms with E-state index in [1.807, 2.05) is 6.07 Å². The zero-order valence-corrected chi connectivity index (χ0v) is 17.1. The lowest BCUT2D eigenvalue weighted by Gasteiger charge is -2.27. The standard InChI is InChI=1S/C16H22N4O4S.2ClH/c17-13-10-25(22,23)14-9-20(8-12(13)14)16(21)11-1-2-15(18-7-11)19-3-5-24-6-4-19;;/h1-2,7,12-14H,3-6,8-10,17H2;2*1H/t12-,13+,14-;;/m0../s1. The number of carbonyl (C=O) groups excluding carboxylic acids is 1. The Morgan fingerprint density at radius 3 is 2.48 bits per heavy atom. The molecule has 0 saturated carbocycles. The number of hydrogen-bond donors (Lipinski definition) is 1. The highest BCUT2D eigenvalue weighted by atomic mass is 35.5. The van der Waals surface area contributed by atoms with Crippen molar-refractivity contribution in [3.8, 4) is 0 Å². The third-order valence-corrected chi connectivity index (χ3v) is 7.63. The predicted octanol–water partition coefficient (Wildman–Crippen LogP) is -0.0419. The van der Waals surface area contributed by atoms with Gasteiger partial charge in [-0.1, -0.05) is 0 Å². The fraction of sp³-hybridized carbons (Fsp3) is 0.625. The lowest BCUT2D eigenvalue weighted by Crippen LogP contribution is -2.37. The molecule has 1 aromatic heterocycles. The van der Waals surface area contributed by atoms with Gasteiger partial charge in [-0.15, -0.1) is 24.8 Å². The van der Waals surface area contributed by atoms with Crippen molar-refractivity contribution in [1.82, 2.24) is 9.88 Å². The number of nitrogens with two attached hydrogens (primary N) is 1. The maximum Gasteiger partial charge on any atom is 0.255 e. The number of halogens is 2. The van der Waals surface area contributed by atoms with Gasteiger partial charge in [-0.3, -0.25) is 4.79 Å². The van der Waals surface area contributed by atoms with E-state index in [1.54, 1.807) is 17.2 Å². The van der Waals surface area contributed by atoms with Crippen molar-refractivity contribution in [2.75, 3.05) is 50.0 Å². The largest absolute Gasteiger partial charge is 0.378 e. The van der Waals surface area contributed by atoms with Crippen LogP contribution in [0.3, 0.4) is 0 Å². The molecule has 4 rings (SSSR count). The van der Waals surface area contributed by atoms with Crippen LogP contribution in [0.5, 0.6) is 0 Å². The number of anilines is 1. The van der Waals surface area contributed by atoms with E-state index in [1.165, 1.54) is 0 Å². The summed E-state index contributed by atoms with van der Waals surface area (Å²) in [7, 11) is -3.20. The number of nitrogens with zero attached hydrogens (tertiary/aromatic N) is 3. The topological polar surface area (TPSA) is 106 Å². The van der Waals surface area contributed by atoms with Gasteiger partial charge in [0.25, 0.3) is 5.91 Å². The molecule has 2 N–H and O–H groups in total. The lowest BCUT2D eigenvalue weighted by molar-refractivity contribution is 0.0785. The molecular formula is C16H24Cl2N4O4S. The summed E-state index contributed by atoms with van der Waals surface area (Å²) in [6.45, 7) is 3.54. The van der Waals surface area contributed by atoms with Crippen molar-refractivity contribution in [1.29, 1.82) is 0 Å². The third kappa shape index (κ3) is 4.17. The van der Waals surface area contributed by atoms with Gasteiger partial charge < -0.3 is 20.3 Å². The Hall–Kier alpha value is -1.13. The average molecular weight is 439 g/mol. The Kier molecular flexibility index (Phi) is 6.96. The van der Waals surface area contributed by atoms with E-state index in [0.717, 1.165) is 18.9 Å². The van der Waals surface area contributed by atoms with Gasteiger partial charge in [0.1, 0.15) is 5.82 Å². The van der Waals surface area contributed by atoms with E-state index in [2.05, 4.69) is 9.88 Å². The molecule has 0 bridgehead atoms. The highest BCUT2D eigenvalue weighted by Gasteiger charge is 2.51. The van der Waals surface area contributed by atoms with E-state index in [4.69, 9.17) is 10.5 Å². The minimum absolute atomic E-state index is 0. The van der Waals surface area contributed by atoms with Crippen molar-refractivity contribution < 1.29 is 17.9 Å². The van der Waals surface area contributed by atoms with Crippen molar-refractivity contribution in [3.05, 3.63) is 23.9 Å². The fourth-order valence-corrected chi connectivity index (χ4v) is 6.20. The van der Waals surface area contributed by atoms with Crippen LogP contribution in [0.1, 0.15) is 10.4 Å². The number of fused-ring (bicyclic) bond motifs is 1. The van der Waals surface area contributed by atoms with Crippen LogP contribution in [0.2, 0.25) is 0 Å². The van der Waals surface area contributed by atoms with E-state index in [9.17, 15) is 13.2 Å². The van der Waals surface area contributed by atoms with E-state index < -0.39 is 15.1 Å².